The normalized spacial score (nSPS) is 13.9. The maximum absolute atomic E-state index is 11.2. The summed E-state index contributed by atoms with van der Waals surface area (Å²) in [7, 11) is -1.96. The Kier molecular flexibility index (Phi) is 4.19. The first-order valence-electron chi connectivity index (χ1n) is 3.56. The van der Waals surface area contributed by atoms with Crippen LogP contribution in [0.5, 0.6) is 0 Å². The number of hydrogen-bond donors (Lipinski definition) is 2. The number of nitrogens with two attached hydrogens (primary N) is 1. The molecule has 0 aromatic heterocycles. The Morgan fingerprint density at radius 1 is 1.58 bits per heavy atom. The molecule has 0 aromatic rings. The highest BCUT2D eigenvalue weighted by atomic mass is 32.2. The Labute approximate surface area is 72.2 Å². The SMILES string of the molecule is CNC(=O)CS(=O)(=O)C(C)CN. The van der Waals surface area contributed by atoms with Crippen LogP contribution in [0.4, 0.5) is 0 Å². The average molecular weight is 194 g/mol. The van der Waals surface area contributed by atoms with Crippen molar-refractivity contribution in [2.45, 2.75) is 12.2 Å². The van der Waals surface area contributed by atoms with E-state index in [0.29, 0.717) is 0 Å². The summed E-state index contributed by atoms with van der Waals surface area (Å²) in [5.74, 6) is -0.989. The van der Waals surface area contributed by atoms with E-state index in [1.165, 1.54) is 14.0 Å². The molecule has 0 fully saturated rings. The summed E-state index contributed by atoms with van der Waals surface area (Å²) in [5.41, 5.74) is 5.16. The lowest BCUT2D eigenvalue weighted by molar-refractivity contribution is -0.118. The van der Waals surface area contributed by atoms with E-state index < -0.39 is 26.7 Å². The number of rotatable bonds is 4. The smallest absolute Gasteiger partial charge is 0.234 e. The van der Waals surface area contributed by atoms with E-state index >= 15 is 0 Å². The lowest BCUT2D eigenvalue weighted by atomic mass is 10.5. The van der Waals surface area contributed by atoms with Crippen molar-refractivity contribution < 1.29 is 13.2 Å². The molecule has 0 aliphatic heterocycles. The van der Waals surface area contributed by atoms with Crippen molar-refractivity contribution in [3.8, 4) is 0 Å². The van der Waals surface area contributed by atoms with Crippen LogP contribution in [0.3, 0.4) is 0 Å². The highest BCUT2D eigenvalue weighted by Gasteiger charge is 2.22. The van der Waals surface area contributed by atoms with Crippen LogP contribution in [-0.2, 0) is 14.6 Å². The summed E-state index contributed by atoms with van der Waals surface area (Å²) in [5, 5.41) is 1.58. The maximum Gasteiger partial charge on any atom is 0.234 e. The molecule has 0 saturated heterocycles. The molecule has 12 heavy (non-hydrogen) atoms. The molecule has 0 rings (SSSR count). The van der Waals surface area contributed by atoms with Gasteiger partial charge in [0.25, 0.3) is 0 Å². The van der Waals surface area contributed by atoms with Crippen molar-refractivity contribution >= 4 is 15.7 Å². The summed E-state index contributed by atoms with van der Waals surface area (Å²) in [6.07, 6.45) is 0. The molecule has 1 unspecified atom stereocenters. The predicted molar refractivity (Wildman–Crippen MR) is 46.4 cm³/mol. The minimum atomic E-state index is -3.36. The summed E-state index contributed by atoms with van der Waals surface area (Å²) >= 11 is 0. The second kappa shape index (κ2) is 4.42. The van der Waals surface area contributed by atoms with Crippen LogP contribution in [0.25, 0.3) is 0 Å². The van der Waals surface area contributed by atoms with Gasteiger partial charge in [-0.15, -0.1) is 0 Å². The van der Waals surface area contributed by atoms with Gasteiger partial charge in [0, 0.05) is 13.6 Å². The highest BCUT2D eigenvalue weighted by molar-refractivity contribution is 7.92. The van der Waals surface area contributed by atoms with Crippen LogP contribution in [-0.4, -0.2) is 38.9 Å². The van der Waals surface area contributed by atoms with Gasteiger partial charge in [-0.25, -0.2) is 8.42 Å². The summed E-state index contributed by atoms with van der Waals surface area (Å²) in [4.78, 5) is 10.7. The Hall–Kier alpha value is -0.620. The fourth-order valence-electron chi connectivity index (χ4n) is 0.544. The van der Waals surface area contributed by atoms with Gasteiger partial charge < -0.3 is 11.1 Å². The maximum atomic E-state index is 11.2. The van der Waals surface area contributed by atoms with Crippen molar-refractivity contribution in [3.05, 3.63) is 0 Å². The Balaban J connectivity index is 4.34. The number of carbonyl (C=O) groups is 1. The lowest BCUT2D eigenvalue weighted by Crippen LogP contribution is -2.35. The molecule has 6 heteroatoms. The third-order valence-corrected chi connectivity index (χ3v) is 3.64. The largest absolute Gasteiger partial charge is 0.358 e. The van der Waals surface area contributed by atoms with Crippen molar-refractivity contribution in [2.75, 3.05) is 19.3 Å². The summed E-state index contributed by atoms with van der Waals surface area (Å²) in [6, 6.07) is 0. The monoisotopic (exact) mass is 194 g/mol. The van der Waals surface area contributed by atoms with Crippen molar-refractivity contribution in [1.82, 2.24) is 5.32 Å². The second-order valence-electron chi connectivity index (χ2n) is 2.53. The van der Waals surface area contributed by atoms with Crippen LogP contribution in [0.2, 0.25) is 0 Å². The van der Waals surface area contributed by atoms with Crippen molar-refractivity contribution in [1.29, 1.82) is 0 Å². The zero-order valence-corrected chi connectivity index (χ0v) is 8.02. The third-order valence-electron chi connectivity index (χ3n) is 1.56. The standard InChI is InChI=1S/C6H14N2O3S/c1-5(3-7)12(10,11)4-6(9)8-2/h5H,3-4,7H2,1-2H3,(H,8,9). The lowest BCUT2D eigenvalue weighted by Gasteiger charge is -2.08. The molecule has 5 nitrogen and oxygen atoms in total. The van der Waals surface area contributed by atoms with Crippen molar-refractivity contribution in [3.63, 3.8) is 0 Å². The number of amides is 1. The van der Waals surface area contributed by atoms with E-state index in [0.717, 1.165) is 0 Å². The first-order chi connectivity index (χ1) is 5.44. The van der Waals surface area contributed by atoms with Gasteiger partial charge in [0.1, 0.15) is 5.75 Å². The topological polar surface area (TPSA) is 89.3 Å². The van der Waals surface area contributed by atoms with Gasteiger partial charge in [-0.1, -0.05) is 0 Å². The van der Waals surface area contributed by atoms with E-state index in [2.05, 4.69) is 5.32 Å². The van der Waals surface area contributed by atoms with Crippen LogP contribution in [0, 0.1) is 0 Å². The highest BCUT2D eigenvalue weighted by Crippen LogP contribution is 1.99. The molecular weight excluding hydrogens is 180 g/mol. The van der Waals surface area contributed by atoms with Crippen LogP contribution in [0.15, 0.2) is 0 Å². The molecule has 0 saturated carbocycles. The third kappa shape index (κ3) is 3.19. The molecule has 3 N–H and O–H groups in total. The number of hydrogen-bond acceptors (Lipinski definition) is 4. The molecule has 0 spiro atoms. The molecule has 72 valence electrons. The van der Waals surface area contributed by atoms with Crippen LogP contribution < -0.4 is 11.1 Å². The Morgan fingerprint density at radius 3 is 2.42 bits per heavy atom. The number of sulfone groups is 1. The van der Waals surface area contributed by atoms with Gasteiger partial charge >= 0.3 is 0 Å². The zero-order valence-electron chi connectivity index (χ0n) is 7.20. The van der Waals surface area contributed by atoms with E-state index in [9.17, 15) is 13.2 Å². The molecule has 0 heterocycles. The minimum absolute atomic E-state index is 0.0410. The van der Waals surface area contributed by atoms with Gasteiger partial charge in [-0.05, 0) is 6.92 Å². The Morgan fingerprint density at radius 2 is 2.08 bits per heavy atom. The van der Waals surface area contributed by atoms with Crippen LogP contribution in [0.1, 0.15) is 6.92 Å². The van der Waals surface area contributed by atoms with Gasteiger partial charge in [-0.2, -0.15) is 0 Å². The molecule has 0 bridgehead atoms. The molecular formula is C6H14N2O3S. The molecule has 1 amide bonds. The van der Waals surface area contributed by atoms with Gasteiger partial charge in [0.05, 0.1) is 5.25 Å². The van der Waals surface area contributed by atoms with E-state index in [1.54, 1.807) is 0 Å². The second-order valence-corrected chi connectivity index (χ2v) is 4.95. The summed E-state index contributed by atoms with van der Waals surface area (Å²) < 4.78 is 22.4. The van der Waals surface area contributed by atoms with Gasteiger partial charge in [0.2, 0.25) is 5.91 Å². The fraction of sp³-hybridized carbons (Fsp3) is 0.833. The first kappa shape index (κ1) is 11.4. The van der Waals surface area contributed by atoms with Gasteiger partial charge in [-0.3, -0.25) is 4.79 Å². The van der Waals surface area contributed by atoms with Crippen molar-refractivity contribution in [2.24, 2.45) is 5.73 Å². The fourth-order valence-corrected chi connectivity index (χ4v) is 1.63. The Bertz CT molecular complexity index is 248. The minimum Gasteiger partial charge on any atom is -0.358 e. The van der Waals surface area contributed by atoms with E-state index in [1.807, 2.05) is 0 Å². The molecule has 1 atom stereocenters. The zero-order chi connectivity index (χ0) is 9.78. The van der Waals surface area contributed by atoms with E-state index in [-0.39, 0.29) is 6.54 Å². The average Bonchev–Trinajstić information content (AvgIpc) is 2.02. The molecule has 0 aliphatic carbocycles. The van der Waals surface area contributed by atoms with E-state index in [4.69, 9.17) is 5.73 Å². The summed E-state index contributed by atoms with van der Waals surface area (Å²) in [6.45, 7) is 1.53. The molecule has 0 aliphatic rings. The first-order valence-corrected chi connectivity index (χ1v) is 5.27. The quantitative estimate of drug-likeness (QED) is 0.569. The molecule has 0 radical (unpaired) electrons. The number of carbonyl (C=O) groups excluding carboxylic acids is 1. The molecule has 0 aromatic carbocycles. The van der Waals surface area contributed by atoms with Crippen LogP contribution >= 0.6 is 0 Å². The predicted octanol–water partition coefficient (Wildman–Crippen LogP) is -1.51. The van der Waals surface area contributed by atoms with Gasteiger partial charge in [0.15, 0.2) is 9.84 Å². The number of nitrogens with one attached hydrogen (secondary N) is 1.